The van der Waals surface area contributed by atoms with Gasteiger partial charge >= 0.3 is 10.1 Å². The number of carbonyl (C=O) groups excluding carboxylic acids is 2. The minimum Gasteiger partial charge on any atom is -0.493 e. The minimum absolute atomic E-state index is 0.00391. The predicted molar refractivity (Wildman–Crippen MR) is 185 cm³/mol. The zero-order valence-corrected chi connectivity index (χ0v) is 30.2. The minimum atomic E-state index is -4.24. The van der Waals surface area contributed by atoms with Gasteiger partial charge in [-0.05, 0) is 87.1 Å². The van der Waals surface area contributed by atoms with E-state index in [0.29, 0.717) is 58.4 Å². The maximum atomic E-state index is 14.2. The molecule has 0 spiro atoms. The van der Waals surface area contributed by atoms with E-state index in [1.807, 2.05) is 18.2 Å². The molecule has 246 valence electrons. The topological polar surface area (TPSA) is 90.0 Å². The lowest BCUT2D eigenvalue weighted by atomic mass is 9.63. The van der Waals surface area contributed by atoms with Crippen LogP contribution >= 0.6 is 27.5 Å². The van der Waals surface area contributed by atoms with Gasteiger partial charge in [0, 0.05) is 52.9 Å². The van der Waals surface area contributed by atoms with Crippen LogP contribution in [0.4, 0.5) is 0 Å². The van der Waals surface area contributed by atoms with Crippen LogP contribution in [-0.4, -0.2) is 32.0 Å². The first-order chi connectivity index (χ1) is 22.1. The monoisotopic (exact) mass is 737 g/mol. The Balaban J connectivity index is 1.53. The van der Waals surface area contributed by atoms with E-state index >= 15 is 0 Å². The van der Waals surface area contributed by atoms with E-state index in [-0.39, 0.29) is 38.8 Å². The molecule has 0 N–H and O–H groups in total. The number of ketones is 2. The average Bonchev–Trinajstić information content (AvgIpc) is 2.98. The average molecular weight is 739 g/mol. The van der Waals surface area contributed by atoms with E-state index in [4.69, 9.17) is 20.5 Å². The number of halogens is 2. The lowest BCUT2D eigenvalue weighted by Crippen LogP contribution is -2.44. The van der Waals surface area contributed by atoms with Crippen molar-refractivity contribution in [1.82, 2.24) is 4.90 Å². The number of allylic oxidation sites excluding steroid dienone is 4. The number of hydrogen-bond acceptors (Lipinski definition) is 7. The summed E-state index contributed by atoms with van der Waals surface area (Å²) in [6.07, 6.45) is 2.04. The summed E-state index contributed by atoms with van der Waals surface area (Å²) in [7, 11) is -2.82. The number of ether oxygens (including phenoxy) is 1. The molecule has 0 amide bonds. The van der Waals surface area contributed by atoms with Crippen molar-refractivity contribution < 1.29 is 26.9 Å². The van der Waals surface area contributed by atoms with Crippen LogP contribution in [0.5, 0.6) is 11.5 Å². The summed E-state index contributed by atoms with van der Waals surface area (Å²) in [6.45, 7) is 8.97. The summed E-state index contributed by atoms with van der Waals surface area (Å²) in [5.74, 6) is -0.529. The molecular weight excluding hydrogens is 702 g/mol. The van der Waals surface area contributed by atoms with E-state index in [0.717, 1.165) is 17.0 Å². The Kier molecular flexibility index (Phi) is 8.73. The highest BCUT2D eigenvalue weighted by Gasteiger charge is 2.49. The van der Waals surface area contributed by atoms with Gasteiger partial charge in [0.2, 0.25) is 0 Å². The molecule has 2 aliphatic carbocycles. The number of Topliss-reactive ketones (excluding diaryl/α,β-unsaturated/α-hetero) is 2. The number of methoxy groups -OCH3 is 1. The van der Waals surface area contributed by atoms with Gasteiger partial charge in [-0.3, -0.25) is 9.59 Å². The zero-order valence-electron chi connectivity index (χ0n) is 27.0. The molecule has 47 heavy (non-hydrogen) atoms. The van der Waals surface area contributed by atoms with Crippen molar-refractivity contribution in [3.05, 3.63) is 110 Å². The van der Waals surface area contributed by atoms with Gasteiger partial charge in [0.15, 0.2) is 23.1 Å². The highest BCUT2D eigenvalue weighted by atomic mass is 79.9. The molecule has 0 atom stereocenters. The largest absolute Gasteiger partial charge is 0.493 e. The normalized spacial score (nSPS) is 19.4. The molecule has 10 heteroatoms. The number of rotatable bonds is 7. The van der Waals surface area contributed by atoms with Crippen LogP contribution < -0.4 is 8.92 Å². The van der Waals surface area contributed by atoms with Gasteiger partial charge in [-0.1, -0.05) is 69.6 Å². The van der Waals surface area contributed by atoms with Crippen molar-refractivity contribution in [3.63, 3.8) is 0 Å². The first-order valence-electron chi connectivity index (χ1n) is 15.5. The van der Waals surface area contributed by atoms with Gasteiger partial charge < -0.3 is 13.8 Å². The van der Waals surface area contributed by atoms with Crippen LogP contribution in [0.3, 0.4) is 0 Å². The third-order valence-electron chi connectivity index (χ3n) is 9.09. The molecule has 1 heterocycles. The predicted octanol–water partition coefficient (Wildman–Crippen LogP) is 8.76. The lowest BCUT2D eigenvalue weighted by molar-refractivity contribution is -0.119. The molecule has 1 aliphatic heterocycles. The molecule has 0 fully saturated rings. The zero-order chi connectivity index (χ0) is 33.9. The van der Waals surface area contributed by atoms with Crippen LogP contribution in [-0.2, 0) is 26.3 Å². The molecule has 3 aliphatic rings. The van der Waals surface area contributed by atoms with E-state index in [2.05, 4.69) is 60.7 Å². The smallest absolute Gasteiger partial charge is 0.339 e. The molecule has 7 nitrogen and oxygen atoms in total. The molecule has 6 rings (SSSR count). The number of benzene rings is 3. The highest BCUT2D eigenvalue weighted by molar-refractivity contribution is 9.10. The number of carbonyl (C=O) groups is 2. The van der Waals surface area contributed by atoms with Gasteiger partial charge in [0.1, 0.15) is 4.90 Å². The van der Waals surface area contributed by atoms with Crippen LogP contribution in [0.15, 0.2) is 98.6 Å². The van der Waals surface area contributed by atoms with Gasteiger partial charge in [0.05, 0.1) is 11.6 Å². The second kappa shape index (κ2) is 12.2. The molecule has 0 radical (unpaired) electrons. The van der Waals surface area contributed by atoms with Crippen molar-refractivity contribution >= 4 is 49.2 Å². The van der Waals surface area contributed by atoms with Crippen LogP contribution in [0.25, 0.3) is 0 Å². The van der Waals surface area contributed by atoms with Crippen LogP contribution in [0.2, 0.25) is 5.02 Å². The van der Waals surface area contributed by atoms with Gasteiger partial charge in [-0.25, -0.2) is 0 Å². The van der Waals surface area contributed by atoms with Gasteiger partial charge in [0.25, 0.3) is 0 Å². The quantitative estimate of drug-likeness (QED) is 0.224. The molecule has 3 aromatic rings. The third kappa shape index (κ3) is 6.54. The van der Waals surface area contributed by atoms with Gasteiger partial charge in [-0.2, -0.15) is 8.42 Å². The van der Waals surface area contributed by atoms with Crippen molar-refractivity contribution in [1.29, 1.82) is 0 Å². The Bertz CT molecular complexity index is 1890. The third-order valence-corrected chi connectivity index (χ3v) is 11.2. The SMILES string of the molecule is COc1cc(C2C3=C(CC(C)(C)CC3=O)N(Cc3ccccc3)C3=C2C(=O)CC(C)(C)C3)cc(Br)c1OS(=O)(=O)c1ccc(Cl)cc1. The fourth-order valence-corrected chi connectivity index (χ4v) is 8.82. The maximum absolute atomic E-state index is 14.2. The molecule has 0 bridgehead atoms. The number of nitrogens with zero attached hydrogens (tertiary/aromatic N) is 1. The second-order valence-electron chi connectivity index (χ2n) is 14.1. The van der Waals surface area contributed by atoms with E-state index in [1.54, 1.807) is 12.1 Å². The van der Waals surface area contributed by atoms with Crippen molar-refractivity contribution in [2.24, 2.45) is 10.8 Å². The molecule has 0 saturated heterocycles. The molecule has 0 unspecified atom stereocenters. The summed E-state index contributed by atoms with van der Waals surface area (Å²) in [5.41, 5.74) is 4.29. The molecule has 0 saturated carbocycles. The first kappa shape index (κ1) is 33.5. The Morgan fingerprint density at radius 3 is 1.94 bits per heavy atom. The highest BCUT2D eigenvalue weighted by Crippen LogP contribution is 2.56. The summed E-state index contributed by atoms with van der Waals surface area (Å²) in [6, 6.07) is 19.2. The summed E-state index contributed by atoms with van der Waals surface area (Å²) in [4.78, 5) is 30.6. The Morgan fingerprint density at radius 2 is 1.40 bits per heavy atom. The Labute approximate surface area is 289 Å². The first-order valence-corrected chi connectivity index (χ1v) is 18.1. The van der Waals surface area contributed by atoms with Crippen molar-refractivity contribution in [2.75, 3.05) is 7.11 Å². The Hall–Kier alpha value is -3.40. The summed E-state index contributed by atoms with van der Waals surface area (Å²) >= 11 is 9.50. The number of hydrogen-bond donors (Lipinski definition) is 0. The molecule has 0 aromatic heterocycles. The standard InChI is InChI=1S/C37H37BrClNO6S/c1-36(2)17-27-33(29(41)19-36)32(34-28(18-37(3,4)20-30(34)42)40(27)21-22-9-7-6-8-10-22)23-15-26(38)35(31(16-23)45-5)46-47(43,44)25-13-11-24(39)12-14-25/h6-16,32H,17-21H2,1-5H3. The van der Waals surface area contributed by atoms with Crippen LogP contribution in [0, 0.1) is 10.8 Å². The molecular formula is C37H37BrClNO6S. The van der Waals surface area contributed by atoms with Gasteiger partial charge in [-0.15, -0.1) is 0 Å². The molecule has 3 aromatic carbocycles. The van der Waals surface area contributed by atoms with E-state index in [9.17, 15) is 18.0 Å². The lowest BCUT2D eigenvalue weighted by Gasteiger charge is -2.49. The van der Waals surface area contributed by atoms with E-state index < -0.39 is 16.0 Å². The maximum Gasteiger partial charge on any atom is 0.339 e. The van der Waals surface area contributed by atoms with Crippen LogP contribution in [0.1, 0.15) is 70.4 Å². The fourth-order valence-electron chi connectivity index (χ4n) is 7.08. The second-order valence-corrected chi connectivity index (χ2v) is 17.0. The van der Waals surface area contributed by atoms with Crippen molar-refractivity contribution in [2.45, 2.75) is 70.7 Å². The summed E-state index contributed by atoms with van der Waals surface area (Å²) in [5, 5.41) is 0.394. The summed E-state index contributed by atoms with van der Waals surface area (Å²) < 4.78 is 38.1. The van der Waals surface area contributed by atoms with Crippen molar-refractivity contribution in [3.8, 4) is 11.5 Å². The fraction of sp³-hybridized carbons (Fsp3) is 0.351. The van der Waals surface area contributed by atoms with E-state index in [1.165, 1.54) is 31.4 Å². The Morgan fingerprint density at radius 1 is 0.851 bits per heavy atom.